The highest BCUT2D eigenvalue weighted by Crippen LogP contribution is 2.59. The third-order valence-corrected chi connectivity index (χ3v) is 4.69. The van der Waals surface area contributed by atoms with E-state index in [0.29, 0.717) is 22.0 Å². The van der Waals surface area contributed by atoms with Gasteiger partial charge < -0.3 is 5.11 Å². The fourth-order valence-corrected chi connectivity index (χ4v) is 2.88. The smallest absolute Gasteiger partial charge is 0.310 e. The third kappa shape index (κ3) is 2.26. The molecule has 0 heterocycles. The van der Waals surface area contributed by atoms with E-state index in [-0.39, 0.29) is 11.7 Å². The van der Waals surface area contributed by atoms with E-state index in [9.17, 15) is 14.7 Å². The van der Waals surface area contributed by atoms with Gasteiger partial charge in [0.1, 0.15) is 0 Å². The molecule has 1 aliphatic carbocycles. The van der Waals surface area contributed by atoms with Crippen LogP contribution in [-0.4, -0.2) is 16.9 Å². The molecule has 0 saturated heterocycles. The highest BCUT2D eigenvalue weighted by Gasteiger charge is 2.65. The Morgan fingerprint density at radius 1 is 1.32 bits per heavy atom. The average Bonchev–Trinajstić information content (AvgIpc) is 3.08. The molecule has 0 spiro atoms. The molecule has 3 nitrogen and oxygen atoms in total. The second-order valence-electron chi connectivity index (χ2n) is 5.25. The average molecular weight is 301 g/mol. The summed E-state index contributed by atoms with van der Waals surface area (Å²) >= 11 is 11.7. The van der Waals surface area contributed by atoms with Gasteiger partial charge in [-0.15, -0.1) is 0 Å². The quantitative estimate of drug-likeness (QED) is 0.857. The largest absolute Gasteiger partial charge is 0.481 e. The first kappa shape index (κ1) is 14.4. The summed E-state index contributed by atoms with van der Waals surface area (Å²) in [4.78, 5) is 23.7. The van der Waals surface area contributed by atoms with Crippen LogP contribution in [0.5, 0.6) is 0 Å². The summed E-state index contributed by atoms with van der Waals surface area (Å²) in [6.07, 6.45) is 0.388. The Balaban J connectivity index is 2.27. The molecule has 19 heavy (non-hydrogen) atoms. The topological polar surface area (TPSA) is 54.4 Å². The van der Waals surface area contributed by atoms with Crippen LogP contribution in [0.25, 0.3) is 0 Å². The molecule has 1 fully saturated rings. The van der Waals surface area contributed by atoms with E-state index in [1.54, 1.807) is 12.1 Å². The van der Waals surface area contributed by atoms with E-state index >= 15 is 0 Å². The van der Waals surface area contributed by atoms with Gasteiger partial charge in [-0.05, 0) is 30.5 Å². The van der Waals surface area contributed by atoms with Crippen molar-refractivity contribution in [3.63, 3.8) is 0 Å². The Hall–Kier alpha value is -1.06. The molecule has 0 bridgehead atoms. The summed E-state index contributed by atoms with van der Waals surface area (Å²) in [5, 5.41) is 10.0. The number of hydrogen-bond acceptors (Lipinski definition) is 2. The Morgan fingerprint density at radius 2 is 1.95 bits per heavy atom. The molecule has 1 N–H and O–H groups in total. The maximum absolute atomic E-state index is 12.3. The van der Waals surface area contributed by atoms with Gasteiger partial charge in [-0.3, -0.25) is 9.59 Å². The van der Waals surface area contributed by atoms with E-state index in [4.69, 9.17) is 23.2 Å². The molecule has 2 rings (SSSR count). The third-order valence-electron chi connectivity index (χ3n) is 3.95. The van der Waals surface area contributed by atoms with Crippen molar-refractivity contribution >= 4 is 35.0 Å². The molecule has 0 unspecified atom stereocenters. The molecular formula is C14H14Cl2O3. The molecular weight excluding hydrogens is 287 g/mol. The lowest BCUT2D eigenvalue weighted by atomic mass is 9.87. The predicted octanol–water partition coefficient (Wildman–Crippen LogP) is 3.92. The first-order valence-electron chi connectivity index (χ1n) is 6.03. The van der Waals surface area contributed by atoms with Crippen molar-refractivity contribution in [3.05, 3.63) is 33.8 Å². The molecule has 0 aliphatic heterocycles. The first-order chi connectivity index (χ1) is 8.80. The van der Waals surface area contributed by atoms with Crippen molar-refractivity contribution in [1.29, 1.82) is 0 Å². The van der Waals surface area contributed by atoms with Crippen molar-refractivity contribution in [2.75, 3.05) is 0 Å². The predicted molar refractivity (Wildman–Crippen MR) is 73.8 cm³/mol. The summed E-state index contributed by atoms with van der Waals surface area (Å²) in [6.45, 7) is 3.66. The zero-order valence-corrected chi connectivity index (χ0v) is 12.1. The van der Waals surface area contributed by atoms with Gasteiger partial charge in [-0.2, -0.15) is 0 Å². The molecule has 0 amide bonds. The number of aliphatic carboxylic acids is 1. The van der Waals surface area contributed by atoms with Crippen molar-refractivity contribution in [3.8, 4) is 0 Å². The monoisotopic (exact) mass is 300 g/mol. The molecule has 102 valence electrons. The number of carbonyl (C=O) groups is 2. The lowest BCUT2D eigenvalue weighted by Gasteiger charge is -2.16. The molecule has 1 saturated carbocycles. The fourth-order valence-electron chi connectivity index (χ4n) is 2.58. The molecule has 1 aromatic carbocycles. The minimum Gasteiger partial charge on any atom is -0.481 e. The number of carbonyl (C=O) groups excluding carboxylic acids is 1. The fraction of sp³-hybridized carbons (Fsp3) is 0.429. The van der Waals surface area contributed by atoms with Crippen LogP contribution in [0.1, 0.15) is 30.6 Å². The zero-order chi connectivity index (χ0) is 14.4. The molecule has 1 aliphatic rings. The van der Waals surface area contributed by atoms with E-state index in [1.165, 1.54) is 6.07 Å². The minimum atomic E-state index is -0.927. The second-order valence-corrected chi connectivity index (χ2v) is 6.06. The Labute approximate surface area is 121 Å². The molecule has 1 aromatic rings. The van der Waals surface area contributed by atoms with Gasteiger partial charge in [0.15, 0.2) is 5.78 Å². The number of ketones is 1. The van der Waals surface area contributed by atoms with Gasteiger partial charge in [0, 0.05) is 11.5 Å². The van der Waals surface area contributed by atoms with Gasteiger partial charge in [-0.25, -0.2) is 0 Å². The maximum Gasteiger partial charge on any atom is 0.310 e. The van der Waals surface area contributed by atoms with Crippen LogP contribution in [0.3, 0.4) is 0 Å². The number of carboxylic acid groups (broad SMARTS) is 1. The highest BCUT2D eigenvalue weighted by atomic mass is 35.5. The van der Waals surface area contributed by atoms with Crippen LogP contribution < -0.4 is 0 Å². The summed E-state index contributed by atoms with van der Waals surface area (Å²) in [7, 11) is 0. The summed E-state index contributed by atoms with van der Waals surface area (Å²) < 4.78 is 0. The Kier molecular flexibility index (Phi) is 3.63. The second kappa shape index (κ2) is 4.80. The number of Topliss-reactive ketones (excluding diaryl/α,β-unsaturated/α-hetero) is 1. The van der Waals surface area contributed by atoms with Gasteiger partial charge in [0.2, 0.25) is 0 Å². The lowest BCUT2D eigenvalue weighted by molar-refractivity contribution is -0.145. The van der Waals surface area contributed by atoms with Crippen molar-refractivity contribution in [1.82, 2.24) is 0 Å². The van der Waals surface area contributed by atoms with E-state index in [0.717, 1.165) is 0 Å². The lowest BCUT2D eigenvalue weighted by Crippen LogP contribution is -2.26. The highest BCUT2D eigenvalue weighted by molar-refractivity contribution is 6.42. The summed E-state index contributed by atoms with van der Waals surface area (Å²) in [5.41, 5.74) is -0.508. The van der Waals surface area contributed by atoms with Gasteiger partial charge in [0.05, 0.1) is 15.5 Å². The molecule has 2 atom stereocenters. The van der Waals surface area contributed by atoms with Crippen molar-refractivity contribution in [2.45, 2.75) is 20.3 Å². The number of benzene rings is 1. The zero-order valence-electron chi connectivity index (χ0n) is 10.6. The summed E-state index contributed by atoms with van der Waals surface area (Å²) in [5.74, 6) is -1.63. The minimum absolute atomic E-state index is 0.0817. The van der Waals surface area contributed by atoms with Crippen LogP contribution in [0.4, 0.5) is 0 Å². The number of rotatable bonds is 4. The van der Waals surface area contributed by atoms with E-state index < -0.39 is 17.3 Å². The SMILES string of the molecule is CC(C)[C@@]1(C(=O)O)C[C@@H]1C(=O)c1ccc(Cl)c(Cl)c1. The maximum atomic E-state index is 12.3. The molecule has 0 radical (unpaired) electrons. The molecule has 0 aromatic heterocycles. The number of carboxylic acids is 1. The van der Waals surface area contributed by atoms with Crippen LogP contribution in [0, 0.1) is 17.3 Å². The van der Waals surface area contributed by atoms with Crippen LogP contribution in [-0.2, 0) is 4.79 Å². The van der Waals surface area contributed by atoms with Crippen molar-refractivity contribution in [2.24, 2.45) is 17.3 Å². The Bertz CT molecular complexity index is 554. The van der Waals surface area contributed by atoms with Crippen LogP contribution in [0.15, 0.2) is 18.2 Å². The Morgan fingerprint density at radius 3 is 2.37 bits per heavy atom. The molecule has 5 heteroatoms. The first-order valence-corrected chi connectivity index (χ1v) is 6.79. The van der Waals surface area contributed by atoms with E-state index in [2.05, 4.69) is 0 Å². The van der Waals surface area contributed by atoms with Gasteiger partial charge in [0.25, 0.3) is 0 Å². The standard InChI is InChI=1S/C14H14Cl2O3/c1-7(2)14(13(18)19)6-9(14)12(17)8-3-4-10(15)11(16)5-8/h3-5,7,9H,6H2,1-2H3,(H,18,19)/t9-,14+/m1/s1. The van der Waals surface area contributed by atoms with Gasteiger partial charge >= 0.3 is 5.97 Å². The van der Waals surface area contributed by atoms with E-state index in [1.807, 2.05) is 13.8 Å². The van der Waals surface area contributed by atoms with Crippen LogP contribution >= 0.6 is 23.2 Å². The number of hydrogen-bond donors (Lipinski definition) is 1. The normalized spacial score (nSPS) is 25.4. The van der Waals surface area contributed by atoms with Crippen molar-refractivity contribution < 1.29 is 14.7 Å². The summed E-state index contributed by atoms with van der Waals surface area (Å²) in [6, 6.07) is 4.64. The van der Waals surface area contributed by atoms with Gasteiger partial charge in [-0.1, -0.05) is 37.0 Å². The van der Waals surface area contributed by atoms with Crippen LogP contribution in [0.2, 0.25) is 10.0 Å². The number of halogens is 2.